The molecule has 0 spiro atoms. The minimum Gasteiger partial charge on any atom is -0.497 e. The van der Waals surface area contributed by atoms with Gasteiger partial charge in [0.2, 0.25) is 0 Å². The second-order valence-electron chi connectivity index (χ2n) is 4.90. The molecular weight excluding hydrogens is 280 g/mol. The van der Waals surface area contributed by atoms with Gasteiger partial charge in [-0.25, -0.2) is 4.58 Å². The first-order valence-electron chi connectivity index (χ1n) is 7.10. The molecule has 0 saturated carbocycles. The SMILES string of the molecule is CCO/C(O)=C/N(C)/C(=C\C=[N+](C)C)c1ccc(OC)cc1. The smallest absolute Gasteiger partial charge is 0.293 e. The molecule has 0 bridgehead atoms. The molecule has 0 saturated heterocycles. The third-order valence-electron chi connectivity index (χ3n) is 2.89. The van der Waals surface area contributed by atoms with Crippen LogP contribution in [-0.2, 0) is 4.74 Å². The fourth-order valence-electron chi connectivity index (χ4n) is 1.82. The minimum atomic E-state index is -0.116. The topological polar surface area (TPSA) is 44.9 Å². The molecule has 0 aliphatic rings. The van der Waals surface area contributed by atoms with Crippen LogP contribution in [0.2, 0.25) is 0 Å². The van der Waals surface area contributed by atoms with E-state index >= 15 is 0 Å². The van der Waals surface area contributed by atoms with Crippen molar-refractivity contribution in [2.24, 2.45) is 0 Å². The molecule has 0 radical (unpaired) electrons. The highest BCUT2D eigenvalue weighted by atomic mass is 16.6. The van der Waals surface area contributed by atoms with Gasteiger partial charge in [-0.2, -0.15) is 0 Å². The summed E-state index contributed by atoms with van der Waals surface area (Å²) in [4.78, 5) is 1.81. The van der Waals surface area contributed by atoms with E-state index in [1.165, 1.54) is 0 Å². The Labute approximate surface area is 132 Å². The molecule has 5 heteroatoms. The van der Waals surface area contributed by atoms with E-state index in [1.54, 1.807) is 13.3 Å². The number of aliphatic hydroxyl groups excluding tert-OH is 1. The molecule has 0 amide bonds. The average molecular weight is 305 g/mol. The van der Waals surface area contributed by atoms with Gasteiger partial charge in [-0.05, 0) is 36.8 Å². The molecule has 1 aromatic rings. The van der Waals surface area contributed by atoms with Gasteiger partial charge in [0.15, 0.2) is 6.21 Å². The number of hydrogen-bond donors (Lipinski definition) is 1. The predicted molar refractivity (Wildman–Crippen MR) is 89.2 cm³/mol. The Morgan fingerprint density at radius 2 is 1.91 bits per heavy atom. The molecule has 0 heterocycles. The van der Waals surface area contributed by atoms with Crippen LogP contribution in [0.5, 0.6) is 5.75 Å². The van der Waals surface area contributed by atoms with Crippen LogP contribution in [0.15, 0.2) is 42.5 Å². The standard InChI is InChI=1S/C17H24N2O3/c1-6-22-17(20)13-19(4)16(11-12-18(2)3)14-7-9-15(21-5)10-8-14/h7-13H,6H2,1-5H3/p+1/b17-13+. The number of rotatable bonds is 7. The lowest BCUT2D eigenvalue weighted by Crippen LogP contribution is -2.12. The first-order chi connectivity index (χ1) is 10.5. The summed E-state index contributed by atoms with van der Waals surface area (Å²) in [6, 6.07) is 7.74. The number of hydrogen-bond acceptors (Lipinski definition) is 4. The van der Waals surface area contributed by atoms with Crippen molar-refractivity contribution in [1.82, 2.24) is 4.90 Å². The van der Waals surface area contributed by atoms with E-state index in [4.69, 9.17) is 9.47 Å². The fraction of sp³-hybridized carbons (Fsp3) is 0.353. The highest BCUT2D eigenvalue weighted by Gasteiger charge is 2.08. The third-order valence-corrected chi connectivity index (χ3v) is 2.89. The van der Waals surface area contributed by atoms with Crippen LogP contribution in [0.3, 0.4) is 0 Å². The van der Waals surface area contributed by atoms with Crippen LogP contribution >= 0.6 is 0 Å². The van der Waals surface area contributed by atoms with Gasteiger partial charge in [0, 0.05) is 13.1 Å². The zero-order valence-electron chi connectivity index (χ0n) is 13.9. The summed E-state index contributed by atoms with van der Waals surface area (Å²) in [6.45, 7) is 2.24. The van der Waals surface area contributed by atoms with Crippen molar-refractivity contribution in [3.63, 3.8) is 0 Å². The largest absolute Gasteiger partial charge is 0.497 e. The molecule has 0 unspecified atom stereocenters. The molecule has 22 heavy (non-hydrogen) atoms. The molecule has 0 aliphatic carbocycles. The van der Waals surface area contributed by atoms with Crippen molar-refractivity contribution >= 4 is 11.9 Å². The molecule has 1 rings (SSSR count). The van der Waals surface area contributed by atoms with E-state index < -0.39 is 0 Å². The molecule has 0 aromatic heterocycles. The van der Waals surface area contributed by atoms with Crippen molar-refractivity contribution in [3.05, 3.63) is 48.1 Å². The van der Waals surface area contributed by atoms with Crippen LogP contribution < -0.4 is 4.74 Å². The number of benzene rings is 1. The Hall–Kier alpha value is -2.43. The summed E-state index contributed by atoms with van der Waals surface area (Å²) >= 11 is 0. The Morgan fingerprint density at radius 1 is 1.27 bits per heavy atom. The lowest BCUT2D eigenvalue weighted by atomic mass is 10.1. The number of allylic oxidation sites excluding steroid dienone is 1. The van der Waals surface area contributed by atoms with Gasteiger partial charge >= 0.3 is 0 Å². The summed E-state index contributed by atoms with van der Waals surface area (Å²) in [6.07, 6.45) is 5.46. The van der Waals surface area contributed by atoms with Crippen molar-refractivity contribution in [2.75, 3.05) is 34.9 Å². The number of ether oxygens (including phenoxy) is 2. The molecule has 0 atom stereocenters. The number of aliphatic hydroxyl groups is 1. The zero-order valence-corrected chi connectivity index (χ0v) is 13.9. The highest BCUT2D eigenvalue weighted by molar-refractivity contribution is 5.81. The van der Waals surface area contributed by atoms with Crippen LogP contribution in [0.1, 0.15) is 12.5 Å². The van der Waals surface area contributed by atoms with Crippen molar-refractivity contribution in [3.8, 4) is 5.75 Å². The van der Waals surface area contributed by atoms with Crippen LogP contribution in [-0.4, -0.2) is 55.7 Å². The quantitative estimate of drug-likeness (QED) is 0.478. The van der Waals surface area contributed by atoms with Gasteiger partial charge in [-0.15, -0.1) is 0 Å². The summed E-state index contributed by atoms with van der Waals surface area (Å²) < 4.78 is 12.2. The third kappa shape index (κ3) is 5.52. The van der Waals surface area contributed by atoms with E-state index in [0.717, 1.165) is 17.0 Å². The lowest BCUT2D eigenvalue weighted by Gasteiger charge is -2.18. The first-order valence-corrected chi connectivity index (χ1v) is 7.10. The molecule has 1 N–H and O–H groups in total. The van der Waals surface area contributed by atoms with Crippen molar-refractivity contribution < 1.29 is 19.2 Å². The maximum Gasteiger partial charge on any atom is 0.293 e. The summed E-state index contributed by atoms with van der Waals surface area (Å²) in [5.74, 6) is 0.685. The van der Waals surface area contributed by atoms with Gasteiger partial charge in [-0.1, -0.05) is 0 Å². The van der Waals surface area contributed by atoms with E-state index in [2.05, 4.69) is 0 Å². The molecule has 5 nitrogen and oxygen atoms in total. The number of nitrogens with zero attached hydrogens (tertiary/aromatic N) is 2. The van der Waals surface area contributed by atoms with Gasteiger partial charge < -0.3 is 19.5 Å². The molecular formula is C17H25N2O3+. The van der Waals surface area contributed by atoms with Gasteiger partial charge in [0.1, 0.15) is 19.8 Å². The summed E-state index contributed by atoms with van der Waals surface area (Å²) in [5.41, 5.74) is 1.92. The monoisotopic (exact) mass is 305 g/mol. The zero-order chi connectivity index (χ0) is 16.5. The Kier molecular flexibility index (Phi) is 7.02. The highest BCUT2D eigenvalue weighted by Crippen LogP contribution is 2.21. The molecule has 0 fully saturated rings. The van der Waals surface area contributed by atoms with E-state index in [9.17, 15) is 5.11 Å². The van der Waals surface area contributed by atoms with Crippen LogP contribution in [0, 0.1) is 0 Å². The lowest BCUT2D eigenvalue weighted by molar-refractivity contribution is -0.458. The van der Waals surface area contributed by atoms with E-state index in [0.29, 0.717) is 6.61 Å². The van der Waals surface area contributed by atoms with Gasteiger partial charge in [-0.3, -0.25) is 0 Å². The summed E-state index contributed by atoms with van der Waals surface area (Å²) in [5, 5.41) is 9.70. The van der Waals surface area contributed by atoms with Crippen LogP contribution in [0.25, 0.3) is 5.70 Å². The van der Waals surface area contributed by atoms with Crippen LogP contribution in [0.4, 0.5) is 0 Å². The first kappa shape index (κ1) is 17.6. The molecule has 1 aromatic carbocycles. The Bertz CT molecular complexity index is 556. The Morgan fingerprint density at radius 3 is 2.41 bits per heavy atom. The van der Waals surface area contributed by atoms with Crippen molar-refractivity contribution in [2.45, 2.75) is 6.92 Å². The second kappa shape index (κ2) is 8.77. The van der Waals surface area contributed by atoms with Gasteiger partial charge in [0.05, 0.1) is 25.6 Å². The predicted octanol–water partition coefficient (Wildman–Crippen LogP) is 2.70. The van der Waals surface area contributed by atoms with Gasteiger partial charge in [0.25, 0.3) is 5.95 Å². The molecule has 120 valence electrons. The fourth-order valence-corrected chi connectivity index (χ4v) is 1.82. The maximum atomic E-state index is 9.70. The molecule has 0 aliphatic heterocycles. The Balaban J connectivity index is 3.15. The number of methoxy groups -OCH3 is 1. The second-order valence-corrected chi connectivity index (χ2v) is 4.90. The summed E-state index contributed by atoms with van der Waals surface area (Å²) in [7, 11) is 7.40. The van der Waals surface area contributed by atoms with E-state index in [-0.39, 0.29) is 5.95 Å². The average Bonchev–Trinajstić information content (AvgIpc) is 2.48. The minimum absolute atomic E-state index is 0.116. The van der Waals surface area contributed by atoms with E-state index in [1.807, 2.05) is 74.1 Å². The van der Waals surface area contributed by atoms with Crippen molar-refractivity contribution in [1.29, 1.82) is 0 Å². The maximum absolute atomic E-state index is 9.70. The normalized spacial score (nSPS) is 11.9.